The Kier molecular flexibility index (Phi) is 6.04. The number of hydrogen-bond acceptors (Lipinski definition) is 5. The summed E-state index contributed by atoms with van der Waals surface area (Å²) < 4.78 is 48.1. The predicted octanol–water partition coefficient (Wildman–Crippen LogP) is 1.26. The molecule has 1 saturated heterocycles. The Labute approximate surface area is 156 Å². The number of hydrogen-bond donors (Lipinski definition) is 2. The van der Waals surface area contributed by atoms with E-state index >= 15 is 0 Å². The van der Waals surface area contributed by atoms with Crippen LogP contribution in [0.4, 0.5) is 14.6 Å². The second-order valence-electron chi connectivity index (χ2n) is 5.98. The van der Waals surface area contributed by atoms with E-state index in [1.807, 2.05) is 4.90 Å². The number of piperazine rings is 1. The van der Waals surface area contributed by atoms with Crippen molar-refractivity contribution in [3.05, 3.63) is 53.5 Å². The van der Waals surface area contributed by atoms with Gasteiger partial charge in [0.1, 0.15) is 17.3 Å². The standard InChI is InChI=1S/C16H17F2N5O3S/c17-12-5-11(6-13(18)7-12)10-22-1-3-23(4-2-22)16(24)14-8-20-15(9-19-14)21-27(25)26/h5-9H,1-4,10H2,(H,20,21)(H,25,26). The maximum Gasteiger partial charge on any atom is 0.274 e. The van der Waals surface area contributed by atoms with E-state index in [0.717, 1.165) is 6.07 Å². The van der Waals surface area contributed by atoms with E-state index in [1.54, 1.807) is 4.90 Å². The van der Waals surface area contributed by atoms with E-state index in [-0.39, 0.29) is 17.4 Å². The first-order valence-electron chi connectivity index (χ1n) is 8.07. The minimum Gasteiger partial charge on any atom is -0.335 e. The van der Waals surface area contributed by atoms with Crippen LogP contribution < -0.4 is 4.72 Å². The Morgan fingerprint density at radius 2 is 1.78 bits per heavy atom. The third-order valence-corrected chi connectivity index (χ3v) is 4.43. The van der Waals surface area contributed by atoms with E-state index in [9.17, 15) is 17.8 Å². The number of amides is 1. The highest BCUT2D eigenvalue weighted by Gasteiger charge is 2.23. The van der Waals surface area contributed by atoms with Crippen LogP contribution >= 0.6 is 0 Å². The molecule has 0 bridgehead atoms. The molecule has 2 heterocycles. The summed E-state index contributed by atoms with van der Waals surface area (Å²) in [5, 5.41) is 0. The minimum absolute atomic E-state index is 0.0829. The van der Waals surface area contributed by atoms with Gasteiger partial charge in [0.15, 0.2) is 5.82 Å². The Hall–Kier alpha value is -2.50. The lowest BCUT2D eigenvalue weighted by Gasteiger charge is -2.34. The lowest BCUT2D eigenvalue weighted by Crippen LogP contribution is -2.48. The van der Waals surface area contributed by atoms with E-state index in [2.05, 4.69) is 14.7 Å². The molecule has 8 nitrogen and oxygen atoms in total. The highest BCUT2D eigenvalue weighted by atomic mass is 32.2. The Morgan fingerprint density at radius 3 is 2.33 bits per heavy atom. The van der Waals surface area contributed by atoms with Gasteiger partial charge < -0.3 is 4.90 Å². The number of halogens is 2. The molecule has 2 N–H and O–H groups in total. The van der Waals surface area contributed by atoms with Crippen LogP contribution in [-0.4, -0.2) is 60.6 Å². The van der Waals surface area contributed by atoms with Crippen LogP contribution in [0.5, 0.6) is 0 Å². The zero-order chi connectivity index (χ0) is 19.4. The minimum atomic E-state index is -2.26. The van der Waals surface area contributed by atoms with Crippen LogP contribution in [0.3, 0.4) is 0 Å². The maximum atomic E-state index is 13.3. The molecular formula is C16H17F2N5O3S. The highest BCUT2D eigenvalue weighted by Crippen LogP contribution is 2.14. The number of aromatic nitrogens is 2. The van der Waals surface area contributed by atoms with Gasteiger partial charge in [0.05, 0.1) is 12.4 Å². The number of rotatable bonds is 5. The van der Waals surface area contributed by atoms with Crippen LogP contribution in [0.15, 0.2) is 30.6 Å². The summed E-state index contributed by atoms with van der Waals surface area (Å²) in [4.78, 5) is 23.9. The van der Waals surface area contributed by atoms with Gasteiger partial charge in [-0.05, 0) is 17.7 Å². The van der Waals surface area contributed by atoms with Crippen molar-refractivity contribution in [1.29, 1.82) is 0 Å². The molecular weight excluding hydrogens is 380 g/mol. The smallest absolute Gasteiger partial charge is 0.274 e. The van der Waals surface area contributed by atoms with Crippen molar-refractivity contribution in [2.75, 3.05) is 30.9 Å². The normalized spacial score (nSPS) is 16.2. The molecule has 0 aliphatic carbocycles. The third kappa shape index (κ3) is 5.25. The maximum absolute atomic E-state index is 13.3. The summed E-state index contributed by atoms with van der Waals surface area (Å²) in [6.07, 6.45) is 2.44. The summed E-state index contributed by atoms with van der Waals surface area (Å²) >= 11 is -2.26. The topological polar surface area (TPSA) is 98.7 Å². The van der Waals surface area contributed by atoms with Gasteiger partial charge in [-0.2, -0.15) is 0 Å². The molecule has 1 aliphatic heterocycles. The molecule has 11 heteroatoms. The Balaban J connectivity index is 1.55. The molecule has 1 amide bonds. The second-order valence-corrected chi connectivity index (χ2v) is 6.69. The zero-order valence-corrected chi connectivity index (χ0v) is 15.0. The van der Waals surface area contributed by atoms with Crippen molar-refractivity contribution < 1.29 is 22.3 Å². The first-order chi connectivity index (χ1) is 12.9. The number of nitrogens with one attached hydrogen (secondary N) is 1. The highest BCUT2D eigenvalue weighted by molar-refractivity contribution is 7.80. The number of carbonyl (C=O) groups excluding carboxylic acids is 1. The lowest BCUT2D eigenvalue weighted by molar-refractivity contribution is 0.0622. The van der Waals surface area contributed by atoms with Crippen molar-refractivity contribution in [3.8, 4) is 0 Å². The van der Waals surface area contributed by atoms with Gasteiger partial charge in [0, 0.05) is 38.8 Å². The summed E-state index contributed by atoms with van der Waals surface area (Å²) in [6, 6.07) is 3.43. The third-order valence-electron chi connectivity index (χ3n) is 4.05. The quantitative estimate of drug-likeness (QED) is 0.737. The van der Waals surface area contributed by atoms with Crippen molar-refractivity contribution >= 4 is 23.0 Å². The van der Waals surface area contributed by atoms with Gasteiger partial charge in [-0.25, -0.2) is 23.0 Å². The van der Waals surface area contributed by atoms with Crippen LogP contribution in [0.25, 0.3) is 0 Å². The van der Waals surface area contributed by atoms with Crippen molar-refractivity contribution in [2.24, 2.45) is 0 Å². The van der Waals surface area contributed by atoms with E-state index in [4.69, 9.17) is 4.55 Å². The van der Waals surface area contributed by atoms with Crippen LogP contribution in [-0.2, 0) is 17.8 Å². The Morgan fingerprint density at radius 1 is 1.11 bits per heavy atom. The first kappa shape index (κ1) is 19.3. The molecule has 1 aliphatic rings. The van der Waals surface area contributed by atoms with Crippen molar-refractivity contribution in [3.63, 3.8) is 0 Å². The van der Waals surface area contributed by atoms with E-state index in [1.165, 1.54) is 24.5 Å². The summed E-state index contributed by atoms with van der Waals surface area (Å²) in [5.41, 5.74) is 0.674. The molecule has 0 radical (unpaired) electrons. The average molecular weight is 397 g/mol. The SMILES string of the molecule is O=C(c1cnc(NS(=O)O)cn1)N1CCN(Cc2cc(F)cc(F)c2)CC1. The second kappa shape index (κ2) is 8.46. The van der Waals surface area contributed by atoms with Crippen LogP contribution in [0.1, 0.15) is 16.1 Å². The van der Waals surface area contributed by atoms with Crippen LogP contribution in [0.2, 0.25) is 0 Å². The first-order valence-corrected chi connectivity index (χ1v) is 9.17. The van der Waals surface area contributed by atoms with Gasteiger partial charge in [-0.1, -0.05) is 0 Å². The molecule has 1 aromatic carbocycles. The number of carbonyl (C=O) groups is 1. The summed E-state index contributed by atoms with van der Waals surface area (Å²) in [6.45, 7) is 2.40. The van der Waals surface area contributed by atoms with Gasteiger partial charge in [-0.15, -0.1) is 0 Å². The number of nitrogens with zero attached hydrogens (tertiary/aromatic N) is 4. The number of benzene rings is 1. The fourth-order valence-corrected chi connectivity index (χ4v) is 3.10. The molecule has 2 aromatic rings. The molecule has 1 unspecified atom stereocenters. The molecule has 1 fully saturated rings. The predicted molar refractivity (Wildman–Crippen MR) is 94.0 cm³/mol. The van der Waals surface area contributed by atoms with Gasteiger partial charge >= 0.3 is 0 Å². The largest absolute Gasteiger partial charge is 0.335 e. The van der Waals surface area contributed by atoms with Gasteiger partial charge in [-0.3, -0.25) is 19.0 Å². The van der Waals surface area contributed by atoms with Gasteiger partial charge in [0.2, 0.25) is 0 Å². The fourth-order valence-electron chi connectivity index (χ4n) is 2.81. The lowest BCUT2D eigenvalue weighted by atomic mass is 10.2. The van der Waals surface area contributed by atoms with E-state index < -0.39 is 22.9 Å². The monoisotopic (exact) mass is 397 g/mol. The molecule has 3 rings (SSSR count). The summed E-state index contributed by atoms with van der Waals surface area (Å²) in [7, 11) is 0. The van der Waals surface area contributed by atoms with Crippen molar-refractivity contribution in [2.45, 2.75) is 6.54 Å². The summed E-state index contributed by atoms with van der Waals surface area (Å²) in [5.74, 6) is -1.43. The van der Waals surface area contributed by atoms with Crippen molar-refractivity contribution in [1.82, 2.24) is 19.8 Å². The molecule has 1 aromatic heterocycles. The molecule has 1 atom stereocenters. The van der Waals surface area contributed by atoms with Crippen LogP contribution in [0, 0.1) is 11.6 Å². The van der Waals surface area contributed by atoms with Gasteiger partial charge in [0.25, 0.3) is 17.2 Å². The molecule has 27 heavy (non-hydrogen) atoms. The fraction of sp³-hybridized carbons (Fsp3) is 0.312. The Bertz CT molecular complexity index is 824. The molecule has 144 valence electrons. The van der Waals surface area contributed by atoms with E-state index in [0.29, 0.717) is 38.3 Å². The molecule has 0 spiro atoms. The zero-order valence-electron chi connectivity index (χ0n) is 14.1. The average Bonchev–Trinajstić information content (AvgIpc) is 2.61. The number of anilines is 1. The molecule has 0 saturated carbocycles.